The highest BCUT2D eigenvalue weighted by atomic mass is 19.1. The summed E-state index contributed by atoms with van der Waals surface area (Å²) >= 11 is 0. The van der Waals surface area contributed by atoms with Crippen molar-refractivity contribution in [1.82, 2.24) is 0 Å². The monoisotopic (exact) mass is 235 g/mol. The van der Waals surface area contributed by atoms with Crippen LogP contribution in [0.15, 0.2) is 18.2 Å². The molecule has 2 nitrogen and oxygen atoms in total. The Kier molecular flexibility index (Phi) is 3.02. The van der Waals surface area contributed by atoms with Crippen LogP contribution in [0.4, 0.5) is 10.1 Å². The van der Waals surface area contributed by atoms with Crippen LogP contribution in [0.1, 0.15) is 30.7 Å². The Labute approximate surface area is 101 Å². The number of nitrogens with one attached hydrogen (secondary N) is 1. The number of benzene rings is 1. The smallest absolute Gasteiger partial charge is 0.125 e. The fraction of sp³-hybridized carbons (Fsp3) is 0.571. The number of anilines is 1. The molecule has 3 rings (SSSR count). The molecular formula is C14H18FNO. The Morgan fingerprint density at radius 2 is 2.24 bits per heavy atom. The summed E-state index contributed by atoms with van der Waals surface area (Å²) in [5, 5.41) is 3.29. The number of fused-ring (bicyclic) bond motifs is 1. The fourth-order valence-corrected chi connectivity index (χ4v) is 3.10. The van der Waals surface area contributed by atoms with Crippen molar-refractivity contribution in [3.63, 3.8) is 0 Å². The highest BCUT2D eigenvalue weighted by molar-refractivity contribution is 5.55. The molecule has 2 aliphatic rings. The largest absolute Gasteiger partial charge is 0.385 e. The topological polar surface area (TPSA) is 21.3 Å². The van der Waals surface area contributed by atoms with Gasteiger partial charge in [-0.05, 0) is 48.8 Å². The number of ether oxygens (including phenoxy) is 1. The molecule has 17 heavy (non-hydrogen) atoms. The maximum absolute atomic E-state index is 13.2. The minimum absolute atomic E-state index is 0.156. The van der Waals surface area contributed by atoms with Crippen LogP contribution in [0, 0.1) is 11.7 Å². The summed E-state index contributed by atoms with van der Waals surface area (Å²) in [4.78, 5) is 0. The van der Waals surface area contributed by atoms with Gasteiger partial charge in [0, 0.05) is 25.4 Å². The van der Waals surface area contributed by atoms with Crippen molar-refractivity contribution in [2.45, 2.75) is 25.2 Å². The summed E-state index contributed by atoms with van der Waals surface area (Å²) in [5.74, 6) is 0.985. The Bertz CT molecular complexity index is 401. The van der Waals surface area contributed by atoms with E-state index >= 15 is 0 Å². The second-order valence-electron chi connectivity index (χ2n) is 5.03. The van der Waals surface area contributed by atoms with Gasteiger partial charge in [0.05, 0.1) is 0 Å². The molecule has 0 saturated carbocycles. The van der Waals surface area contributed by atoms with Crippen LogP contribution >= 0.6 is 0 Å². The number of hydrogen-bond acceptors (Lipinski definition) is 2. The van der Waals surface area contributed by atoms with Crippen LogP contribution in [0.5, 0.6) is 0 Å². The third-order valence-corrected chi connectivity index (χ3v) is 3.95. The number of hydrogen-bond donors (Lipinski definition) is 1. The SMILES string of the molecule is Fc1ccc2c(c1)NCCC2C1CCCOC1. The Morgan fingerprint density at radius 1 is 1.29 bits per heavy atom. The molecule has 1 fully saturated rings. The highest BCUT2D eigenvalue weighted by Crippen LogP contribution is 2.39. The molecule has 2 unspecified atom stereocenters. The molecule has 1 aromatic rings. The second kappa shape index (κ2) is 4.65. The van der Waals surface area contributed by atoms with Crippen molar-refractivity contribution >= 4 is 5.69 Å². The first-order chi connectivity index (χ1) is 8.34. The molecule has 1 saturated heterocycles. The third kappa shape index (κ3) is 2.16. The van der Waals surface area contributed by atoms with Gasteiger partial charge in [0.1, 0.15) is 5.82 Å². The van der Waals surface area contributed by atoms with E-state index in [1.807, 2.05) is 6.07 Å². The lowest BCUT2D eigenvalue weighted by atomic mass is 9.78. The van der Waals surface area contributed by atoms with Gasteiger partial charge in [0.15, 0.2) is 0 Å². The zero-order valence-electron chi connectivity index (χ0n) is 9.92. The van der Waals surface area contributed by atoms with Gasteiger partial charge in [-0.2, -0.15) is 0 Å². The minimum Gasteiger partial charge on any atom is -0.385 e. The average Bonchev–Trinajstić information content (AvgIpc) is 2.39. The van der Waals surface area contributed by atoms with E-state index < -0.39 is 0 Å². The third-order valence-electron chi connectivity index (χ3n) is 3.95. The Hall–Kier alpha value is -1.09. The van der Waals surface area contributed by atoms with Crippen LogP contribution < -0.4 is 5.32 Å². The molecule has 3 heteroatoms. The zero-order valence-corrected chi connectivity index (χ0v) is 9.92. The van der Waals surface area contributed by atoms with E-state index in [2.05, 4.69) is 5.32 Å². The molecule has 0 spiro atoms. The second-order valence-corrected chi connectivity index (χ2v) is 5.03. The lowest BCUT2D eigenvalue weighted by molar-refractivity contribution is 0.0429. The van der Waals surface area contributed by atoms with E-state index in [0.29, 0.717) is 11.8 Å². The van der Waals surface area contributed by atoms with Gasteiger partial charge in [-0.1, -0.05) is 6.07 Å². The van der Waals surface area contributed by atoms with Crippen molar-refractivity contribution in [1.29, 1.82) is 0 Å². The normalized spacial score (nSPS) is 28.3. The van der Waals surface area contributed by atoms with E-state index in [-0.39, 0.29) is 5.82 Å². The summed E-state index contributed by atoms with van der Waals surface area (Å²) in [6.45, 7) is 2.71. The van der Waals surface area contributed by atoms with Crippen LogP contribution in [0.25, 0.3) is 0 Å². The minimum atomic E-state index is -0.156. The quantitative estimate of drug-likeness (QED) is 0.807. The molecule has 2 heterocycles. The van der Waals surface area contributed by atoms with Gasteiger partial charge in [-0.15, -0.1) is 0 Å². The van der Waals surface area contributed by atoms with Crippen LogP contribution in [0.3, 0.4) is 0 Å². The summed E-state index contributed by atoms with van der Waals surface area (Å²) in [6.07, 6.45) is 3.53. The van der Waals surface area contributed by atoms with E-state index in [0.717, 1.165) is 38.3 Å². The van der Waals surface area contributed by atoms with Crippen molar-refractivity contribution < 1.29 is 9.13 Å². The average molecular weight is 235 g/mol. The molecule has 0 aromatic heterocycles. The molecule has 1 aromatic carbocycles. The van der Waals surface area contributed by atoms with Gasteiger partial charge in [-0.3, -0.25) is 0 Å². The fourth-order valence-electron chi connectivity index (χ4n) is 3.10. The van der Waals surface area contributed by atoms with E-state index in [4.69, 9.17) is 4.74 Å². The zero-order chi connectivity index (χ0) is 11.7. The maximum atomic E-state index is 13.2. The summed E-state index contributed by atoms with van der Waals surface area (Å²) in [7, 11) is 0. The van der Waals surface area contributed by atoms with Crippen molar-refractivity contribution in [2.75, 3.05) is 25.1 Å². The summed E-state index contributed by atoms with van der Waals surface area (Å²) in [5.41, 5.74) is 2.25. The van der Waals surface area contributed by atoms with Gasteiger partial charge in [-0.25, -0.2) is 4.39 Å². The standard InChI is InChI=1S/C14H18FNO/c15-11-3-4-13-12(5-6-16-14(13)8-11)10-2-1-7-17-9-10/h3-4,8,10,12,16H,1-2,5-7,9H2. The molecule has 1 N–H and O–H groups in total. The maximum Gasteiger partial charge on any atom is 0.125 e. The molecule has 2 atom stereocenters. The van der Waals surface area contributed by atoms with Gasteiger partial charge in [0.25, 0.3) is 0 Å². The van der Waals surface area contributed by atoms with Crippen LogP contribution in [-0.4, -0.2) is 19.8 Å². The molecule has 0 amide bonds. The van der Waals surface area contributed by atoms with Crippen LogP contribution in [0.2, 0.25) is 0 Å². The van der Waals surface area contributed by atoms with E-state index in [1.165, 1.54) is 12.0 Å². The predicted octanol–water partition coefficient (Wildman–Crippen LogP) is 3.15. The lowest BCUT2D eigenvalue weighted by Crippen LogP contribution is -2.28. The highest BCUT2D eigenvalue weighted by Gasteiger charge is 2.29. The van der Waals surface area contributed by atoms with E-state index in [1.54, 1.807) is 12.1 Å². The lowest BCUT2D eigenvalue weighted by Gasteiger charge is -2.35. The van der Waals surface area contributed by atoms with Crippen molar-refractivity contribution in [2.24, 2.45) is 5.92 Å². The summed E-state index contributed by atoms with van der Waals surface area (Å²) in [6, 6.07) is 5.13. The first-order valence-electron chi connectivity index (χ1n) is 6.45. The predicted molar refractivity (Wildman–Crippen MR) is 65.8 cm³/mol. The number of halogens is 1. The van der Waals surface area contributed by atoms with Crippen molar-refractivity contribution in [3.8, 4) is 0 Å². The van der Waals surface area contributed by atoms with E-state index in [9.17, 15) is 4.39 Å². The molecule has 0 radical (unpaired) electrons. The summed E-state index contributed by atoms with van der Waals surface area (Å²) < 4.78 is 18.8. The van der Waals surface area contributed by atoms with Crippen molar-refractivity contribution in [3.05, 3.63) is 29.6 Å². The molecular weight excluding hydrogens is 217 g/mol. The van der Waals surface area contributed by atoms with Gasteiger partial charge >= 0.3 is 0 Å². The molecule has 0 bridgehead atoms. The molecule has 0 aliphatic carbocycles. The Morgan fingerprint density at radius 3 is 3.06 bits per heavy atom. The van der Waals surface area contributed by atoms with Gasteiger partial charge < -0.3 is 10.1 Å². The first kappa shape index (κ1) is 11.0. The van der Waals surface area contributed by atoms with Crippen LogP contribution in [-0.2, 0) is 4.74 Å². The molecule has 92 valence electrons. The first-order valence-corrected chi connectivity index (χ1v) is 6.45. The molecule has 2 aliphatic heterocycles. The number of rotatable bonds is 1. The Balaban J connectivity index is 1.88. The van der Waals surface area contributed by atoms with Gasteiger partial charge in [0.2, 0.25) is 0 Å².